The quantitative estimate of drug-likeness (QED) is 0.785. The molecule has 4 nitrogen and oxygen atoms in total. The molecule has 2 aliphatic heterocycles. The van der Waals surface area contributed by atoms with Gasteiger partial charge in [-0.15, -0.1) is 23.1 Å². The third-order valence-corrected chi connectivity index (χ3v) is 8.37. The van der Waals surface area contributed by atoms with Gasteiger partial charge in [-0.2, -0.15) is 0 Å². The highest BCUT2D eigenvalue weighted by Crippen LogP contribution is 2.45. The minimum Gasteiger partial charge on any atom is -0.338 e. The van der Waals surface area contributed by atoms with Gasteiger partial charge in [0.25, 0.3) is 5.91 Å². The molecule has 1 spiro atoms. The average Bonchev–Trinajstić information content (AvgIpc) is 3.32. The van der Waals surface area contributed by atoms with Crippen LogP contribution in [0.2, 0.25) is 0 Å². The number of nitrogens with zero attached hydrogens (tertiary/aromatic N) is 2. The van der Waals surface area contributed by atoms with E-state index in [0.717, 1.165) is 55.9 Å². The Bertz CT molecular complexity index is 617. The van der Waals surface area contributed by atoms with Gasteiger partial charge in [-0.1, -0.05) is 25.3 Å². The Hall–Kier alpha value is -1.01. The van der Waals surface area contributed by atoms with E-state index in [9.17, 15) is 9.59 Å². The van der Waals surface area contributed by atoms with Crippen LogP contribution in [0.15, 0.2) is 17.5 Å². The highest BCUT2D eigenvalue weighted by molar-refractivity contribution is 8.00. The average molecular weight is 379 g/mol. The maximum absolute atomic E-state index is 13.1. The van der Waals surface area contributed by atoms with Gasteiger partial charge in [0, 0.05) is 31.3 Å². The molecule has 0 radical (unpaired) electrons. The molecule has 2 amide bonds. The van der Waals surface area contributed by atoms with Crippen molar-refractivity contribution < 1.29 is 9.59 Å². The van der Waals surface area contributed by atoms with Crippen LogP contribution in [0.25, 0.3) is 0 Å². The molecule has 136 valence electrons. The topological polar surface area (TPSA) is 40.6 Å². The molecule has 0 unspecified atom stereocenters. The van der Waals surface area contributed by atoms with Crippen LogP contribution in [0.1, 0.15) is 54.6 Å². The van der Waals surface area contributed by atoms with Crippen LogP contribution in [-0.4, -0.2) is 51.9 Å². The zero-order valence-corrected chi connectivity index (χ0v) is 16.2. The molecule has 3 fully saturated rings. The number of piperidine rings is 1. The fourth-order valence-electron chi connectivity index (χ4n) is 4.52. The molecule has 0 N–H and O–H groups in total. The molecule has 3 heterocycles. The molecule has 1 saturated carbocycles. The zero-order chi connectivity index (χ0) is 17.3. The monoisotopic (exact) mass is 378 g/mol. The van der Waals surface area contributed by atoms with E-state index in [1.54, 1.807) is 0 Å². The third-order valence-electron chi connectivity index (χ3n) is 5.96. The SMILES string of the molecule is O=C(c1cccs1)N1CCC2(CC1)SCCN2C(=O)C1CCCCC1. The number of amides is 2. The molecule has 25 heavy (non-hydrogen) atoms. The van der Waals surface area contributed by atoms with E-state index >= 15 is 0 Å². The number of hydrogen-bond donors (Lipinski definition) is 0. The van der Waals surface area contributed by atoms with E-state index in [2.05, 4.69) is 4.90 Å². The number of thioether (sulfide) groups is 1. The first-order valence-electron chi connectivity index (χ1n) is 9.48. The van der Waals surface area contributed by atoms with Gasteiger partial charge in [0.2, 0.25) is 5.91 Å². The van der Waals surface area contributed by atoms with Crippen molar-refractivity contribution in [3.05, 3.63) is 22.4 Å². The predicted molar refractivity (Wildman–Crippen MR) is 103 cm³/mol. The van der Waals surface area contributed by atoms with Gasteiger partial charge in [-0.3, -0.25) is 9.59 Å². The van der Waals surface area contributed by atoms with E-state index in [-0.39, 0.29) is 16.7 Å². The van der Waals surface area contributed by atoms with Crippen molar-refractivity contribution in [2.75, 3.05) is 25.4 Å². The number of rotatable bonds is 2. The summed E-state index contributed by atoms with van der Waals surface area (Å²) in [6.45, 7) is 2.41. The van der Waals surface area contributed by atoms with E-state index in [0.29, 0.717) is 5.91 Å². The molecule has 3 aliphatic rings. The maximum Gasteiger partial charge on any atom is 0.263 e. The Morgan fingerprint density at radius 2 is 1.84 bits per heavy atom. The summed E-state index contributed by atoms with van der Waals surface area (Å²) < 4.78 is 0. The second-order valence-corrected chi connectivity index (χ2v) is 9.79. The minimum absolute atomic E-state index is 0.0548. The standard InChI is InChI=1S/C19H26N2O2S2/c22-17(15-5-2-1-3-6-15)21-12-14-25-19(21)8-10-20(11-9-19)18(23)16-7-4-13-24-16/h4,7,13,15H,1-3,5-6,8-12,14H2. The van der Waals surface area contributed by atoms with E-state index in [1.807, 2.05) is 34.2 Å². The Morgan fingerprint density at radius 3 is 2.52 bits per heavy atom. The fourth-order valence-corrected chi connectivity index (χ4v) is 6.67. The van der Waals surface area contributed by atoms with E-state index in [4.69, 9.17) is 0 Å². The zero-order valence-electron chi connectivity index (χ0n) is 14.6. The van der Waals surface area contributed by atoms with Crippen molar-refractivity contribution in [1.82, 2.24) is 9.80 Å². The van der Waals surface area contributed by atoms with Crippen molar-refractivity contribution in [3.8, 4) is 0 Å². The highest BCUT2D eigenvalue weighted by atomic mass is 32.2. The third kappa shape index (κ3) is 3.35. The van der Waals surface area contributed by atoms with Crippen LogP contribution in [0.5, 0.6) is 0 Å². The van der Waals surface area contributed by atoms with Crippen molar-refractivity contribution in [2.24, 2.45) is 5.92 Å². The number of carbonyl (C=O) groups excluding carboxylic acids is 2. The van der Waals surface area contributed by atoms with Crippen molar-refractivity contribution in [2.45, 2.75) is 49.8 Å². The molecule has 0 aromatic carbocycles. The Balaban J connectivity index is 1.42. The van der Waals surface area contributed by atoms with Crippen molar-refractivity contribution in [3.63, 3.8) is 0 Å². The first-order chi connectivity index (χ1) is 12.2. The summed E-state index contributed by atoms with van der Waals surface area (Å²) >= 11 is 3.46. The molecule has 1 aliphatic carbocycles. The molecule has 2 saturated heterocycles. The summed E-state index contributed by atoms with van der Waals surface area (Å²) in [6, 6.07) is 3.83. The molecule has 1 aromatic heterocycles. The first kappa shape index (κ1) is 17.4. The molecular weight excluding hydrogens is 352 g/mol. The van der Waals surface area contributed by atoms with Gasteiger partial charge in [0.1, 0.15) is 0 Å². The Labute approximate surface area is 157 Å². The summed E-state index contributed by atoms with van der Waals surface area (Å²) in [7, 11) is 0. The van der Waals surface area contributed by atoms with Crippen LogP contribution < -0.4 is 0 Å². The van der Waals surface area contributed by atoms with Crippen molar-refractivity contribution in [1.29, 1.82) is 0 Å². The Kier molecular flexibility index (Phi) is 5.09. The molecule has 0 bridgehead atoms. The molecule has 1 aromatic rings. The van der Waals surface area contributed by atoms with Gasteiger partial charge < -0.3 is 9.80 Å². The summed E-state index contributed by atoms with van der Waals surface area (Å²) in [6.07, 6.45) is 7.64. The second-order valence-electron chi connectivity index (χ2n) is 7.39. The van der Waals surface area contributed by atoms with E-state index < -0.39 is 0 Å². The van der Waals surface area contributed by atoms with Crippen LogP contribution in [-0.2, 0) is 4.79 Å². The lowest BCUT2D eigenvalue weighted by molar-refractivity contribution is -0.140. The lowest BCUT2D eigenvalue weighted by Crippen LogP contribution is -2.54. The number of carbonyl (C=O) groups is 2. The largest absolute Gasteiger partial charge is 0.338 e. The predicted octanol–water partition coefficient (Wildman–Crippen LogP) is 3.84. The van der Waals surface area contributed by atoms with Crippen LogP contribution in [0.4, 0.5) is 0 Å². The summed E-state index contributed by atoms with van der Waals surface area (Å²) in [4.78, 5) is 30.6. The second kappa shape index (κ2) is 7.31. The van der Waals surface area contributed by atoms with Gasteiger partial charge in [0.05, 0.1) is 9.75 Å². The number of thiophene rings is 1. The molecule has 0 atom stereocenters. The maximum atomic E-state index is 13.1. The lowest BCUT2D eigenvalue weighted by Gasteiger charge is -2.45. The highest BCUT2D eigenvalue weighted by Gasteiger charge is 2.48. The smallest absolute Gasteiger partial charge is 0.263 e. The van der Waals surface area contributed by atoms with E-state index in [1.165, 1.54) is 30.6 Å². The van der Waals surface area contributed by atoms with Gasteiger partial charge >= 0.3 is 0 Å². The number of hydrogen-bond acceptors (Lipinski definition) is 4. The van der Waals surface area contributed by atoms with Crippen molar-refractivity contribution >= 4 is 34.9 Å². The molecular formula is C19H26N2O2S2. The number of likely N-dealkylation sites (tertiary alicyclic amines) is 1. The normalized spacial score (nSPS) is 24.0. The first-order valence-corrected chi connectivity index (χ1v) is 11.3. The minimum atomic E-state index is -0.0548. The summed E-state index contributed by atoms with van der Waals surface area (Å²) in [5.41, 5.74) is 0. The molecule has 4 rings (SSSR count). The lowest BCUT2D eigenvalue weighted by atomic mass is 9.87. The molecule has 6 heteroatoms. The fraction of sp³-hybridized carbons (Fsp3) is 0.684. The van der Waals surface area contributed by atoms with Gasteiger partial charge in [-0.05, 0) is 37.1 Å². The van der Waals surface area contributed by atoms with Crippen LogP contribution in [0, 0.1) is 5.92 Å². The summed E-state index contributed by atoms with van der Waals surface area (Å²) in [5, 5.41) is 1.95. The van der Waals surface area contributed by atoms with Gasteiger partial charge in [-0.25, -0.2) is 0 Å². The summed E-state index contributed by atoms with van der Waals surface area (Å²) in [5.74, 6) is 1.83. The van der Waals surface area contributed by atoms with Crippen LogP contribution >= 0.6 is 23.1 Å². The Morgan fingerprint density at radius 1 is 1.08 bits per heavy atom. The van der Waals surface area contributed by atoms with Crippen LogP contribution in [0.3, 0.4) is 0 Å². The van der Waals surface area contributed by atoms with Gasteiger partial charge in [0.15, 0.2) is 0 Å².